The number of hydrogen-bond acceptors (Lipinski definition) is 3. The van der Waals surface area contributed by atoms with Crippen molar-refractivity contribution < 1.29 is 22.6 Å². The van der Waals surface area contributed by atoms with Crippen LogP contribution in [0.15, 0.2) is 24.3 Å². The minimum absolute atomic E-state index is 0.193. The van der Waals surface area contributed by atoms with Gasteiger partial charge in [0.25, 0.3) is 0 Å². The molecule has 1 unspecified atom stereocenters. The summed E-state index contributed by atoms with van der Waals surface area (Å²) < 4.78 is 48.6. The molecule has 120 valence electrons. The van der Waals surface area contributed by atoms with E-state index in [2.05, 4.69) is 19.2 Å². The van der Waals surface area contributed by atoms with Crippen molar-refractivity contribution in [2.75, 3.05) is 26.8 Å². The zero-order chi connectivity index (χ0) is 15.9. The SMILES string of the molecule is COCC(CNCC(C)C)Oc1cccc(C(F)(F)F)c1. The Morgan fingerprint density at radius 3 is 2.48 bits per heavy atom. The number of ether oxygens (including phenoxy) is 2. The van der Waals surface area contributed by atoms with E-state index in [0.717, 1.165) is 18.7 Å². The third kappa shape index (κ3) is 6.82. The van der Waals surface area contributed by atoms with Crippen LogP contribution in [0.5, 0.6) is 5.75 Å². The lowest BCUT2D eigenvalue weighted by Gasteiger charge is -2.20. The second kappa shape index (κ2) is 8.24. The van der Waals surface area contributed by atoms with Gasteiger partial charge in [0.2, 0.25) is 0 Å². The van der Waals surface area contributed by atoms with E-state index in [9.17, 15) is 13.2 Å². The van der Waals surface area contributed by atoms with Crippen LogP contribution in [0, 0.1) is 5.92 Å². The molecule has 0 aliphatic carbocycles. The van der Waals surface area contributed by atoms with Crippen molar-refractivity contribution in [3.05, 3.63) is 29.8 Å². The van der Waals surface area contributed by atoms with Gasteiger partial charge in [-0.3, -0.25) is 0 Å². The molecular weight excluding hydrogens is 283 g/mol. The molecule has 0 radical (unpaired) electrons. The third-order valence-electron chi connectivity index (χ3n) is 2.74. The summed E-state index contributed by atoms with van der Waals surface area (Å²) >= 11 is 0. The monoisotopic (exact) mass is 305 g/mol. The molecule has 0 heterocycles. The summed E-state index contributed by atoms with van der Waals surface area (Å²) in [6.45, 7) is 5.79. The molecule has 0 aliphatic heterocycles. The van der Waals surface area contributed by atoms with Gasteiger partial charge in [0.1, 0.15) is 11.9 Å². The van der Waals surface area contributed by atoms with Crippen LogP contribution in [-0.4, -0.2) is 32.9 Å². The summed E-state index contributed by atoms with van der Waals surface area (Å²) in [5.74, 6) is 0.681. The minimum atomic E-state index is -4.37. The minimum Gasteiger partial charge on any atom is -0.487 e. The standard InChI is InChI=1S/C15H22F3NO2/c1-11(2)8-19-9-14(10-20-3)21-13-6-4-5-12(7-13)15(16,17)18/h4-7,11,14,19H,8-10H2,1-3H3. The summed E-state index contributed by atoms with van der Waals surface area (Å²) in [6, 6.07) is 4.88. The van der Waals surface area contributed by atoms with Gasteiger partial charge in [-0.15, -0.1) is 0 Å². The Morgan fingerprint density at radius 1 is 1.19 bits per heavy atom. The van der Waals surface area contributed by atoms with Crippen LogP contribution in [0.3, 0.4) is 0 Å². The van der Waals surface area contributed by atoms with E-state index in [4.69, 9.17) is 9.47 Å². The Kier molecular flexibility index (Phi) is 6.98. The second-order valence-corrected chi connectivity index (χ2v) is 5.27. The number of nitrogens with one attached hydrogen (secondary N) is 1. The maximum Gasteiger partial charge on any atom is 0.416 e. The first kappa shape index (κ1) is 17.8. The van der Waals surface area contributed by atoms with E-state index in [1.54, 1.807) is 0 Å². The zero-order valence-corrected chi connectivity index (χ0v) is 12.5. The van der Waals surface area contributed by atoms with Crippen molar-refractivity contribution in [3.8, 4) is 5.75 Å². The topological polar surface area (TPSA) is 30.5 Å². The number of halogens is 3. The number of benzene rings is 1. The molecular formula is C15H22F3NO2. The maximum absolute atomic E-state index is 12.7. The molecule has 0 aliphatic rings. The summed E-state index contributed by atoms with van der Waals surface area (Å²) in [4.78, 5) is 0. The van der Waals surface area contributed by atoms with Crippen LogP contribution in [0.1, 0.15) is 19.4 Å². The molecule has 0 saturated heterocycles. The van der Waals surface area contributed by atoms with Gasteiger partial charge in [-0.05, 0) is 30.7 Å². The Bertz CT molecular complexity index is 422. The van der Waals surface area contributed by atoms with Crippen LogP contribution in [0.2, 0.25) is 0 Å². The third-order valence-corrected chi connectivity index (χ3v) is 2.74. The molecule has 1 atom stereocenters. The molecule has 0 saturated carbocycles. The van der Waals surface area contributed by atoms with E-state index < -0.39 is 11.7 Å². The quantitative estimate of drug-likeness (QED) is 0.799. The molecule has 0 aromatic heterocycles. The highest BCUT2D eigenvalue weighted by Crippen LogP contribution is 2.31. The van der Waals surface area contributed by atoms with Gasteiger partial charge in [-0.2, -0.15) is 13.2 Å². The van der Waals surface area contributed by atoms with Crippen LogP contribution in [-0.2, 0) is 10.9 Å². The van der Waals surface area contributed by atoms with Gasteiger partial charge >= 0.3 is 6.18 Å². The largest absolute Gasteiger partial charge is 0.487 e. The number of hydrogen-bond donors (Lipinski definition) is 1. The fourth-order valence-corrected chi connectivity index (χ4v) is 1.79. The Labute approximate surface area is 123 Å². The number of rotatable bonds is 8. The van der Waals surface area contributed by atoms with Crippen LogP contribution in [0.25, 0.3) is 0 Å². The van der Waals surface area contributed by atoms with Crippen molar-refractivity contribution in [2.24, 2.45) is 5.92 Å². The number of alkyl halides is 3. The molecule has 1 N–H and O–H groups in total. The molecule has 0 spiro atoms. The molecule has 0 bridgehead atoms. The van der Waals surface area contributed by atoms with Crippen LogP contribution >= 0.6 is 0 Å². The highest BCUT2D eigenvalue weighted by Gasteiger charge is 2.30. The van der Waals surface area contributed by atoms with E-state index in [1.807, 2.05) is 0 Å². The lowest BCUT2D eigenvalue weighted by atomic mass is 10.2. The van der Waals surface area contributed by atoms with Crippen LogP contribution in [0.4, 0.5) is 13.2 Å². The van der Waals surface area contributed by atoms with Crippen molar-refractivity contribution >= 4 is 0 Å². The summed E-state index contributed by atoms with van der Waals surface area (Å²) in [5, 5.41) is 3.21. The van der Waals surface area contributed by atoms with Gasteiger partial charge in [0.15, 0.2) is 0 Å². The number of methoxy groups -OCH3 is 1. The van der Waals surface area contributed by atoms with Crippen molar-refractivity contribution in [1.82, 2.24) is 5.32 Å². The zero-order valence-electron chi connectivity index (χ0n) is 12.5. The predicted octanol–water partition coefficient (Wildman–Crippen LogP) is 3.34. The first-order chi connectivity index (χ1) is 9.82. The van der Waals surface area contributed by atoms with E-state index in [1.165, 1.54) is 19.2 Å². The fourth-order valence-electron chi connectivity index (χ4n) is 1.79. The summed E-state index contributed by atoms with van der Waals surface area (Å²) in [5.41, 5.74) is -0.716. The molecule has 0 fully saturated rings. The van der Waals surface area contributed by atoms with Crippen molar-refractivity contribution in [1.29, 1.82) is 0 Å². The first-order valence-corrected chi connectivity index (χ1v) is 6.86. The average Bonchev–Trinajstić information content (AvgIpc) is 2.38. The molecule has 1 aromatic carbocycles. The smallest absolute Gasteiger partial charge is 0.416 e. The van der Waals surface area contributed by atoms with E-state index in [0.29, 0.717) is 19.1 Å². The van der Waals surface area contributed by atoms with Crippen LogP contribution < -0.4 is 10.1 Å². The van der Waals surface area contributed by atoms with Crippen molar-refractivity contribution in [2.45, 2.75) is 26.1 Å². The average molecular weight is 305 g/mol. The molecule has 1 aromatic rings. The lowest BCUT2D eigenvalue weighted by Crippen LogP contribution is -2.36. The molecule has 6 heteroatoms. The Hall–Kier alpha value is -1.27. The molecule has 21 heavy (non-hydrogen) atoms. The van der Waals surface area contributed by atoms with Gasteiger partial charge in [-0.25, -0.2) is 0 Å². The highest BCUT2D eigenvalue weighted by molar-refractivity contribution is 5.30. The lowest BCUT2D eigenvalue weighted by molar-refractivity contribution is -0.137. The second-order valence-electron chi connectivity index (χ2n) is 5.27. The van der Waals surface area contributed by atoms with Gasteiger partial charge in [0, 0.05) is 13.7 Å². The summed E-state index contributed by atoms with van der Waals surface area (Å²) in [6.07, 6.45) is -4.70. The first-order valence-electron chi connectivity index (χ1n) is 6.86. The van der Waals surface area contributed by atoms with Gasteiger partial charge < -0.3 is 14.8 Å². The van der Waals surface area contributed by atoms with E-state index >= 15 is 0 Å². The Balaban J connectivity index is 2.65. The van der Waals surface area contributed by atoms with Gasteiger partial charge in [-0.1, -0.05) is 19.9 Å². The van der Waals surface area contributed by atoms with Crippen molar-refractivity contribution in [3.63, 3.8) is 0 Å². The normalized spacial score (nSPS) is 13.5. The fraction of sp³-hybridized carbons (Fsp3) is 0.600. The molecule has 3 nitrogen and oxygen atoms in total. The molecule has 0 amide bonds. The molecule has 1 rings (SSSR count). The maximum atomic E-state index is 12.7. The van der Waals surface area contributed by atoms with E-state index in [-0.39, 0.29) is 11.9 Å². The highest BCUT2D eigenvalue weighted by atomic mass is 19.4. The van der Waals surface area contributed by atoms with Gasteiger partial charge in [0.05, 0.1) is 12.2 Å². The summed E-state index contributed by atoms with van der Waals surface area (Å²) in [7, 11) is 1.53. The predicted molar refractivity (Wildman–Crippen MR) is 75.4 cm³/mol. The Morgan fingerprint density at radius 2 is 1.90 bits per heavy atom.